The van der Waals surface area contributed by atoms with Gasteiger partial charge in [-0.25, -0.2) is 0 Å². The van der Waals surface area contributed by atoms with E-state index in [2.05, 4.69) is 12.2 Å². The molecule has 0 aromatic rings. The van der Waals surface area contributed by atoms with Gasteiger partial charge in [-0.15, -0.1) is 0 Å². The summed E-state index contributed by atoms with van der Waals surface area (Å²) in [5.74, 6) is 1.67. The minimum absolute atomic E-state index is 0.605. The minimum Gasteiger partial charge on any atom is -0.381 e. The van der Waals surface area contributed by atoms with Crippen LogP contribution in [0.25, 0.3) is 0 Å². The summed E-state index contributed by atoms with van der Waals surface area (Å²) in [5.41, 5.74) is 0. The molecule has 3 heteroatoms. The fourth-order valence-electron chi connectivity index (χ4n) is 2.28. The second kappa shape index (κ2) is 6.58. The molecule has 0 aromatic carbocycles. The van der Waals surface area contributed by atoms with Gasteiger partial charge in [0.2, 0.25) is 0 Å². The lowest BCUT2D eigenvalue weighted by Crippen LogP contribution is -2.38. The van der Waals surface area contributed by atoms with Gasteiger partial charge in [-0.2, -0.15) is 0 Å². The van der Waals surface area contributed by atoms with Crippen molar-refractivity contribution in [2.75, 3.05) is 33.0 Å². The third-order valence-corrected chi connectivity index (χ3v) is 3.74. The highest BCUT2D eigenvalue weighted by molar-refractivity contribution is 4.75. The lowest BCUT2D eigenvalue weighted by molar-refractivity contribution is 0.0539. The quantitative estimate of drug-likeness (QED) is 0.673. The predicted octanol–water partition coefficient (Wildman–Crippen LogP) is 1.82. The van der Waals surface area contributed by atoms with E-state index in [0.717, 1.165) is 44.8 Å². The van der Waals surface area contributed by atoms with Crippen LogP contribution in [0.1, 0.15) is 32.6 Å². The van der Waals surface area contributed by atoms with E-state index in [1.54, 1.807) is 0 Å². The number of ether oxygens (including phenoxy) is 2. The zero-order chi connectivity index (χ0) is 11.2. The average molecular weight is 227 g/mol. The summed E-state index contributed by atoms with van der Waals surface area (Å²) >= 11 is 0. The normalized spacial score (nSPS) is 24.6. The van der Waals surface area contributed by atoms with E-state index in [1.165, 1.54) is 25.7 Å². The summed E-state index contributed by atoms with van der Waals surface area (Å²) in [6, 6.07) is 0.605. The van der Waals surface area contributed by atoms with Gasteiger partial charge in [-0.05, 0) is 44.4 Å². The van der Waals surface area contributed by atoms with E-state index in [0.29, 0.717) is 6.04 Å². The van der Waals surface area contributed by atoms with Crippen LogP contribution in [0.15, 0.2) is 0 Å². The Morgan fingerprint density at radius 3 is 2.69 bits per heavy atom. The molecule has 1 unspecified atom stereocenters. The molecule has 16 heavy (non-hydrogen) atoms. The molecular formula is C13H25NO2. The first-order chi connectivity index (χ1) is 7.86. The summed E-state index contributed by atoms with van der Waals surface area (Å²) < 4.78 is 11.0. The van der Waals surface area contributed by atoms with Gasteiger partial charge in [-0.3, -0.25) is 0 Å². The fraction of sp³-hybridized carbons (Fsp3) is 1.00. The Labute approximate surface area is 98.9 Å². The highest BCUT2D eigenvalue weighted by Crippen LogP contribution is 2.28. The summed E-state index contributed by atoms with van der Waals surface area (Å²) in [6.07, 6.45) is 5.17. The Morgan fingerprint density at radius 1 is 1.25 bits per heavy atom. The molecule has 1 saturated carbocycles. The Balaban J connectivity index is 1.47. The summed E-state index contributed by atoms with van der Waals surface area (Å²) in [5, 5.41) is 3.57. The van der Waals surface area contributed by atoms with Gasteiger partial charge in [0, 0.05) is 32.4 Å². The second-order valence-electron chi connectivity index (χ2n) is 5.21. The molecule has 1 heterocycles. The topological polar surface area (TPSA) is 30.5 Å². The minimum atomic E-state index is 0.605. The van der Waals surface area contributed by atoms with Crippen LogP contribution in [0.5, 0.6) is 0 Å². The zero-order valence-electron chi connectivity index (χ0n) is 10.4. The van der Waals surface area contributed by atoms with Crippen molar-refractivity contribution in [1.29, 1.82) is 0 Å². The van der Waals surface area contributed by atoms with E-state index in [4.69, 9.17) is 9.47 Å². The van der Waals surface area contributed by atoms with Crippen molar-refractivity contribution in [2.24, 2.45) is 11.8 Å². The molecule has 1 saturated heterocycles. The molecule has 2 rings (SSSR count). The molecule has 1 aliphatic heterocycles. The standard InChI is InChI=1S/C13H25NO2/c1-11(13-4-7-15-8-5-13)14-6-9-16-10-12-2-3-12/h11-14H,2-10H2,1H3. The third kappa shape index (κ3) is 4.40. The van der Waals surface area contributed by atoms with Crippen LogP contribution >= 0.6 is 0 Å². The Morgan fingerprint density at radius 2 is 2.00 bits per heavy atom. The SMILES string of the molecule is CC(NCCOCC1CC1)C1CCOCC1. The summed E-state index contributed by atoms with van der Waals surface area (Å²) in [6.45, 7) is 7.00. The van der Waals surface area contributed by atoms with Crippen LogP contribution in [-0.4, -0.2) is 39.0 Å². The molecule has 94 valence electrons. The Bertz CT molecular complexity index is 188. The van der Waals surface area contributed by atoms with Crippen LogP contribution in [-0.2, 0) is 9.47 Å². The molecule has 3 nitrogen and oxygen atoms in total. The monoisotopic (exact) mass is 227 g/mol. The van der Waals surface area contributed by atoms with Crippen molar-refractivity contribution in [3.8, 4) is 0 Å². The second-order valence-corrected chi connectivity index (χ2v) is 5.21. The van der Waals surface area contributed by atoms with Gasteiger partial charge in [0.15, 0.2) is 0 Å². The molecule has 0 bridgehead atoms. The number of hydrogen-bond acceptors (Lipinski definition) is 3. The van der Waals surface area contributed by atoms with Gasteiger partial charge in [0.05, 0.1) is 6.61 Å². The third-order valence-electron chi connectivity index (χ3n) is 3.74. The van der Waals surface area contributed by atoms with Crippen molar-refractivity contribution in [1.82, 2.24) is 5.32 Å². The van der Waals surface area contributed by atoms with Crippen LogP contribution in [0, 0.1) is 11.8 Å². The van der Waals surface area contributed by atoms with Crippen molar-refractivity contribution in [3.63, 3.8) is 0 Å². The molecule has 1 N–H and O–H groups in total. The van der Waals surface area contributed by atoms with Gasteiger partial charge in [0.1, 0.15) is 0 Å². The lowest BCUT2D eigenvalue weighted by atomic mass is 9.93. The first kappa shape index (κ1) is 12.3. The maximum atomic E-state index is 5.61. The number of rotatable bonds is 7. The highest BCUT2D eigenvalue weighted by atomic mass is 16.5. The number of nitrogens with one attached hydrogen (secondary N) is 1. The summed E-state index contributed by atoms with van der Waals surface area (Å²) in [4.78, 5) is 0. The molecule has 0 radical (unpaired) electrons. The van der Waals surface area contributed by atoms with Gasteiger partial charge >= 0.3 is 0 Å². The van der Waals surface area contributed by atoms with Crippen LogP contribution in [0.3, 0.4) is 0 Å². The van der Waals surface area contributed by atoms with Gasteiger partial charge < -0.3 is 14.8 Å². The van der Waals surface area contributed by atoms with E-state index < -0.39 is 0 Å². The highest BCUT2D eigenvalue weighted by Gasteiger charge is 2.21. The van der Waals surface area contributed by atoms with Crippen molar-refractivity contribution >= 4 is 0 Å². The molecule has 2 fully saturated rings. The smallest absolute Gasteiger partial charge is 0.0591 e. The Kier molecular flexibility index (Phi) is 5.07. The van der Waals surface area contributed by atoms with Crippen LogP contribution < -0.4 is 5.32 Å². The zero-order valence-corrected chi connectivity index (χ0v) is 10.4. The van der Waals surface area contributed by atoms with Crippen LogP contribution in [0.4, 0.5) is 0 Å². The van der Waals surface area contributed by atoms with Gasteiger partial charge in [-0.1, -0.05) is 0 Å². The van der Waals surface area contributed by atoms with Crippen LogP contribution in [0.2, 0.25) is 0 Å². The van der Waals surface area contributed by atoms with E-state index in [9.17, 15) is 0 Å². The first-order valence-electron chi connectivity index (χ1n) is 6.75. The van der Waals surface area contributed by atoms with Crippen molar-refractivity contribution in [3.05, 3.63) is 0 Å². The summed E-state index contributed by atoms with van der Waals surface area (Å²) in [7, 11) is 0. The maximum absolute atomic E-state index is 5.61. The lowest BCUT2D eigenvalue weighted by Gasteiger charge is -2.28. The molecule has 2 aliphatic rings. The molecule has 0 aromatic heterocycles. The van der Waals surface area contributed by atoms with E-state index in [-0.39, 0.29) is 0 Å². The average Bonchev–Trinajstić information content (AvgIpc) is 3.13. The van der Waals surface area contributed by atoms with Crippen molar-refractivity contribution in [2.45, 2.75) is 38.6 Å². The molecule has 0 amide bonds. The number of hydrogen-bond donors (Lipinski definition) is 1. The molecule has 1 aliphatic carbocycles. The van der Waals surface area contributed by atoms with E-state index in [1.807, 2.05) is 0 Å². The predicted molar refractivity (Wildman–Crippen MR) is 64.6 cm³/mol. The van der Waals surface area contributed by atoms with E-state index >= 15 is 0 Å². The van der Waals surface area contributed by atoms with Gasteiger partial charge in [0.25, 0.3) is 0 Å². The van der Waals surface area contributed by atoms with Crippen molar-refractivity contribution < 1.29 is 9.47 Å². The largest absolute Gasteiger partial charge is 0.381 e. The first-order valence-corrected chi connectivity index (χ1v) is 6.75. The molecule has 0 spiro atoms. The maximum Gasteiger partial charge on any atom is 0.0591 e. The molecular weight excluding hydrogens is 202 g/mol. The fourth-order valence-corrected chi connectivity index (χ4v) is 2.28. The molecule has 1 atom stereocenters. The Hall–Kier alpha value is -0.120.